The smallest absolute Gasteiger partial charge is 0.423 e. The van der Waals surface area contributed by atoms with Crippen molar-refractivity contribution in [3.05, 3.63) is 102 Å². The van der Waals surface area contributed by atoms with Gasteiger partial charge >= 0.3 is 7.12 Å². The van der Waals surface area contributed by atoms with Gasteiger partial charge in [0.1, 0.15) is 0 Å². The summed E-state index contributed by atoms with van der Waals surface area (Å²) < 4.78 is 0. The lowest BCUT2D eigenvalue weighted by atomic mass is 9.68. The number of hydrogen-bond acceptors (Lipinski definition) is 2. The van der Waals surface area contributed by atoms with Crippen LogP contribution in [0.3, 0.4) is 0 Å². The second-order valence-corrected chi connectivity index (χ2v) is 14.5. The molecule has 0 heterocycles. The van der Waals surface area contributed by atoms with Gasteiger partial charge in [-0.15, -0.1) is 0 Å². The molecule has 0 aromatic heterocycles. The molecule has 7 rings (SSSR count). The predicted molar refractivity (Wildman–Crippen MR) is 208 cm³/mol. The first-order chi connectivity index (χ1) is 23.6. The van der Waals surface area contributed by atoms with Crippen LogP contribution in [0.4, 0.5) is 0 Å². The van der Waals surface area contributed by atoms with Gasteiger partial charge in [0.25, 0.3) is 0 Å². The van der Waals surface area contributed by atoms with Crippen LogP contribution in [-0.4, -0.2) is 17.2 Å². The SMILES string of the molecule is CCCCCCCCC1(CCCCCCCC)c2cc(B(O)O)ccc2-c2ccc(-c3ccc4ccc5cccc6ccc3c4c56)cc21. The summed E-state index contributed by atoms with van der Waals surface area (Å²) in [6.45, 7) is 4.57. The fraction of sp³-hybridized carbons (Fsp3) is 0.378. The van der Waals surface area contributed by atoms with Gasteiger partial charge in [0.2, 0.25) is 0 Å². The molecule has 6 aromatic rings. The molecule has 0 radical (unpaired) electrons. The van der Waals surface area contributed by atoms with E-state index in [1.807, 2.05) is 6.07 Å². The molecular weight excluding hydrogens is 583 g/mol. The lowest BCUT2D eigenvalue weighted by Crippen LogP contribution is -2.32. The van der Waals surface area contributed by atoms with Crippen LogP contribution in [-0.2, 0) is 5.41 Å². The molecule has 6 aromatic carbocycles. The highest BCUT2D eigenvalue weighted by Crippen LogP contribution is 2.55. The van der Waals surface area contributed by atoms with Crippen LogP contribution in [0, 0.1) is 0 Å². The molecule has 3 heteroatoms. The molecule has 0 bridgehead atoms. The zero-order valence-electron chi connectivity index (χ0n) is 29.0. The zero-order chi connectivity index (χ0) is 33.1. The summed E-state index contributed by atoms with van der Waals surface area (Å²) in [5.74, 6) is 0. The average Bonchev–Trinajstić information content (AvgIpc) is 3.38. The lowest BCUT2D eigenvalue weighted by Gasteiger charge is -2.33. The van der Waals surface area contributed by atoms with Crippen LogP contribution in [0.5, 0.6) is 0 Å². The molecule has 2 nitrogen and oxygen atoms in total. The Hall–Kier alpha value is -3.66. The number of rotatable bonds is 16. The third-order valence-corrected chi connectivity index (χ3v) is 11.4. The topological polar surface area (TPSA) is 40.5 Å². The fourth-order valence-electron chi connectivity index (χ4n) is 8.91. The lowest BCUT2D eigenvalue weighted by molar-refractivity contribution is 0.397. The van der Waals surface area contributed by atoms with Gasteiger partial charge in [-0.25, -0.2) is 0 Å². The summed E-state index contributed by atoms with van der Waals surface area (Å²) in [7, 11) is -1.47. The van der Waals surface area contributed by atoms with E-state index in [0.717, 1.165) is 12.8 Å². The van der Waals surface area contributed by atoms with Gasteiger partial charge < -0.3 is 10.0 Å². The quantitative estimate of drug-likeness (QED) is 0.0632. The summed E-state index contributed by atoms with van der Waals surface area (Å²) in [5, 5.41) is 28.5. The van der Waals surface area contributed by atoms with Crippen LogP contribution in [0.15, 0.2) is 91.0 Å². The number of unbranched alkanes of at least 4 members (excludes halogenated alkanes) is 10. The maximum atomic E-state index is 10.3. The highest BCUT2D eigenvalue weighted by atomic mass is 16.4. The van der Waals surface area contributed by atoms with E-state index in [1.54, 1.807) is 0 Å². The molecule has 48 heavy (non-hydrogen) atoms. The zero-order valence-corrected chi connectivity index (χ0v) is 29.0. The minimum atomic E-state index is -1.47. The Kier molecular flexibility index (Phi) is 9.89. The van der Waals surface area contributed by atoms with E-state index >= 15 is 0 Å². The van der Waals surface area contributed by atoms with Gasteiger partial charge in [-0.1, -0.05) is 176 Å². The molecule has 1 aliphatic carbocycles. The predicted octanol–water partition coefficient (Wildman–Crippen LogP) is 11.7. The highest BCUT2D eigenvalue weighted by molar-refractivity contribution is 6.58. The van der Waals surface area contributed by atoms with Gasteiger partial charge in [-0.3, -0.25) is 0 Å². The van der Waals surface area contributed by atoms with E-state index in [0.29, 0.717) is 5.46 Å². The Morgan fingerprint density at radius 3 is 1.67 bits per heavy atom. The second-order valence-electron chi connectivity index (χ2n) is 14.5. The van der Waals surface area contributed by atoms with Gasteiger partial charge in [0.05, 0.1) is 0 Å². The van der Waals surface area contributed by atoms with E-state index in [2.05, 4.69) is 98.8 Å². The van der Waals surface area contributed by atoms with Crippen molar-refractivity contribution in [2.24, 2.45) is 0 Å². The number of benzene rings is 6. The third-order valence-electron chi connectivity index (χ3n) is 11.4. The second kappa shape index (κ2) is 14.4. The van der Waals surface area contributed by atoms with E-state index in [1.165, 1.54) is 143 Å². The van der Waals surface area contributed by atoms with Crippen molar-refractivity contribution >= 4 is 44.9 Å². The molecular formula is C45H51BO2. The Morgan fingerprint density at radius 1 is 0.500 bits per heavy atom. The van der Waals surface area contributed by atoms with Gasteiger partial charge in [0.15, 0.2) is 0 Å². The molecule has 1 aliphatic rings. The average molecular weight is 635 g/mol. The summed E-state index contributed by atoms with van der Waals surface area (Å²) in [4.78, 5) is 0. The first kappa shape index (κ1) is 32.9. The van der Waals surface area contributed by atoms with Crippen molar-refractivity contribution in [3.63, 3.8) is 0 Å². The van der Waals surface area contributed by atoms with Crippen LogP contribution in [0.25, 0.3) is 54.6 Å². The largest absolute Gasteiger partial charge is 0.488 e. The van der Waals surface area contributed by atoms with Gasteiger partial charge in [-0.2, -0.15) is 0 Å². The maximum Gasteiger partial charge on any atom is 0.488 e. The molecule has 0 aliphatic heterocycles. The Morgan fingerprint density at radius 2 is 1.02 bits per heavy atom. The van der Waals surface area contributed by atoms with E-state index in [4.69, 9.17) is 0 Å². The molecule has 246 valence electrons. The first-order valence-electron chi connectivity index (χ1n) is 18.9. The van der Waals surface area contributed by atoms with E-state index in [-0.39, 0.29) is 5.41 Å². The fourth-order valence-corrected chi connectivity index (χ4v) is 8.91. The molecule has 0 atom stereocenters. The van der Waals surface area contributed by atoms with Crippen molar-refractivity contribution in [1.29, 1.82) is 0 Å². The van der Waals surface area contributed by atoms with Crippen LogP contribution >= 0.6 is 0 Å². The minimum absolute atomic E-state index is 0.134. The normalized spacial score (nSPS) is 13.5. The standard InChI is InChI=1S/C45H51BO2/c1-3-5-7-9-11-13-28-45(29-14-12-10-8-6-4-2)41-30-35(22-25-38(41)39-27-23-36(46(47)48)31-42(39)45)37-24-20-34-19-18-32-16-15-17-33-21-26-40(37)44(34)43(32)33/h15-27,30-31,47-48H,3-14,28-29H2,1-2H3. The van der Waals surface area contributed by atoms with Crippen LogP contribution in [0.1, 0.15) is 115 Å². The Balaban J connectivity index is 1.34. The summed E-state index contributed by atoms with van der Waals surface area (Å²) in [6.07, 6.45) is 17.4. The van der Waals surface area contributed by atoms with Crippen molar-refractivity contribution in [1.82, 2.24) is 0 Å². The van der Waals surface area contributed by atoms with Crippen LogP contribution < -0.4 is 5.46 Å². The Labute approximate surface area is 287 Å². The molecule has 0 unspecified atom stereocenters. The summed E-state index contributed by atoms with van der Waals surface area (Å²) >= 11 is 0. The molecule has 0 fully saturated rings. The van der Waals surface area contributed by atoms with E-state index in [9.17, 15) is 10.0 Å². The van der Waals surface area contributed by atoms with Crippen molar-refractivity contribution in [3.8, 4) is 22.3 Å². The van der Waals surface area contributed by atoms with Gasteiger partial charge in [0, 0.05) is 5.41 Å². The number of hydrogen-bond donors (Lipinski definition) is 2. The van der Waals surface area contributed by atoms with Crippen LogP contribution in [0.2, 0.25) is 0 Å². The van der Waals surface area contributed by atoms with Gasteiger partial charge in [-0.05, 0) is 90.1 Å². The van der Waals surface area contributed by atoms with E-state index < -0.39 is 7.12 Å². The highest BCUT2D eigenvalue weighted by Gasteiger charge is 2.43. The summed E-state index contributed by atoms with van der Waals surface area (Å²) in [6, 6.07) is 33.8. The van der Waals surface area contributed by atoms with Crippen molar-refractivity contribution < 1.29 is 10.0 Å². The van der Waals surface area contributed by atoms with Crippen molar-refractivity contribution in [2.75, 3.05) is 0 Å². The number of fused-ring (bicyclic) bond motifs is 3. The molecule has 0 spiro atoms. The summed E-state index contributed by atoms with van der Waals surface area (Å²) in [5.41, 5.74) is 8.37. The Bertz CT molecular complexity index is 1980. The molecule has 2 N–H and O–H groups in total. The minimum Gasteiger partial charge on any atom is -0.423 e. The molecule has 0 saturated carbocycles. The first-order valence-corrected chi connectivity index (χ1v) is 18.9. The monoisotopic (exact) mass is 634 g/mol. The molecule has 0 saturated heterocycles. The molecule has 0 amide bonds. The maximum absolute atomic E-state index is 10.3. The third kappa shape index (κ3) is 6.05. The van der Waals surface area contributed by atoms with Crippen molar-refractivity contribution in [2.45, 2.75) is 109 Å².